The van der Waals surface area contributed by atoms with Gasteiger partial charge in [-0.05, 0) is 73.8 Å². The summed E-state index contributed by atoms with van der Waals surface area (Å²) < 4.78 is 21.1. The van der Waals surface area contributed by atoms with Gasteiger partial charge in [-0.25, -0.2) is 4.39 Å². The van der Waals surface area contributed by atoms with E-state index in [1.165, 1.54) is 4.88 Å². The minimum atomic E-state index is -1.26. The summed E-state index contributed by atoms with van der Waals surface area (Å²) >= 11 is 6.49. The van der Waals surface area contributed by atoms with Crippen LogP contribution < -0.4 is 4.74 Å². The predicted octanol–water partition coefficient (Wildman–Crippen LogP) is 5.33. The number of pyridine rings is 1. The van der Waals surface area contributed by atoms with Crippen molar-refractivity contribution >= 4 is 34.9 Å². The second kappa shape index (κ2) is 11.4. The lowest BCUT2D eigenvalue weighted by molar-refractivity contribution is 0.0304. The first kappa shape index (κ1) is 25.4. The maximum Gasteiger partial charge on any atom is 0.126 e. The molecule has 2 N–H and O–H groups in total. The lowest BCUT2D eigenvalue weighted by Gasteiger charge is -2.41. The Hall–Kier alpha value is -1.71. The van der Waals surface area contributed by atoms with E-state index < -0.39 is 6.17 Å². The van der Waals surface area contributed by atoms with Crippen molar-refractivity contribution in [1.82, 2.24) is 9.88 Å². The fourth-order valence-corrected chi connectivity index (χ4v) is 6.15. The van der Waals surface area contributed by atoms with E-state index in [9.17, 15) is 10.2 Å². The molecule has 0 bridgehead atoms. The number of aliphatic hydroxyl groups excluding tert-OH is 2. The molecule has 1 aliphatic rings. The predicted molar refractivity (Wildman–Crippen MR) is 139 cm³/mol. The van der Waals surface area contributed by atoms with Crippen molar-refractivity contribution in [1.29, 1.82) is 0 Å². The topological polar surface area (TPSA) is 65.8 Å². The number of nitrogens with zero attached hydrogens (tertiary/aromatic N) is 2. The molecule has 1 aliphatic heterocycles. The largest absolute Gasteiger partial charge is 0.497 e. The Bertz CT molecular complexity index is 1070. The molecule has 0 spiro atoms. The van der Waals surface area contributed by atoms with E-state index in [1.54, 1.807) is 42.8 Å². The van der Waals surface area contributed by atoms with E-state index >= 15 is 4.39 Å². The molecule has 5 nitrogen and oxygen atoms in total. The van der Waals surface area contributed by atoms with E-state index in [1.807, 2.05) is 6.07 Å². The molecule has 184 valence electrons. The van der Waals surface area contributed by atoms with Crippen molar-refractivity contribution in [3.05, 3.63) is 57.9 Å². The zero-order valence-corrected chi connectivity index (χ0v) is 21.2. The summed E-state index contributed by atoms with van der Waals surface area (Å²) in [7, 11) is 1.57. The molecule has 0 aliphatic carbocycles. The normalized spacial score (nSPS) is 18.1. The molecule has 4 rings (SSSR count). The van der Waals surface area contributed by atoms with Crippen molar-refractivity contribution in [3.63, 3.8) is 0 Å². The molecule has 1 aromatic carbocycles. The lowest BCUT2D eigenvalue weighted by Crippen LogP contribution is -2.43. The molecule has 0 radical (unpaired) electrons. The SMILES string of the molecule is COc1ccc2ncc(CO)c([C@@H](F)CCC3(CO)CCN(CC(S)c4cccs4)CC3)c2c1. The quantitative estimate of drug-likeness (QED) is 0.326. The molecular formula is C26H33FN2O3S2. The molecule has 0 saturated carbocycles. The van der Waals surface area contributed by atoms with Gasteiger partial charge in [0.05, 0.1) is 19.2 Å². The van der Waals surface area contributed by atoms with Gasteiger partial charge >= 0.3 is 0 Å². The van der Waals surface area contributed by atoms with Crippen molar-refractivity contribution < 1.29 is 19.3 Å². The van der Waals surface area contributed by atoms with Gasteiger partial charge in [-0.15, -0.1) is 11.3 Å². The minimum absolute atomic E-state index is 0.0561. The van der Waals surface area contributed by atoms with Crippen LogP contribution in [0.15, 0.2) is 41.9 Å². The zero-order valence-electron chi connectivity index (χ0n) is 19.5. The first-order valence-electron chi connectivity index (χ1n) is 11.7. The number of benzene rings is 1. The summed E-state index contributed by atoms with van der Waals surface area (Å²) in [5.74, 6) is 0.627. The fourth-order valence-electron chi connectivity index (χ4n) is 4.95. The average Bonchev–Trinajstić information content (AvgIpc) is 3.42. The van der Waals surface area contributed by atoms with Gasteiger partial charge in [0.25, 0.3) is 0 Å². The molecule has 2 atom stereocenters. The number of methoxy groups -OCH3 is 1. The number of likely N-dealkylation sites (tertiary alicyclic amines) is 1. The van der Waals surface area contributed by atoms with Gasteiger partial charge in [-0.3, -0.25) is 4.98 Å². The molecule has 1 saturated heterocycles. The Balaban J connectivity index is 1.43. The number of hydrogen-bond donors (Lipinski definition) is 3. The van der Waals surface area contributed by atoms with Crippen LogP contribution in [-0.2, 0) is 6.61 Å². The number of piperidine rings is 1. The first-order valence-corrected chi connectivity index (χ1v) is 13.1. The third kappa shape index (κ3) is 5.57. The summed E-state index contributed by atoms with van der Waals surface area (Å²) in [5.41, 5.74) is 1.36. The number of alkyl halides is 1. The summed E-state index contributed by atoms with van der Waals surface area (Å²) in [6, 6.07) is 9.55. The van der Waals surface area contributed by atoms with Gasteiger partial charge in [-0.2, -0.15) is 12.6 Å². The van der Waals surface area contributed by atoms with Crippen LogP contribution in [0.25, 0.3) is 10.9 Å². The Kier molecular flexibility index (Phi) is 8.47. The minimum Gasteiger partial charge on any atom is -0.497 e. The van der Waals surface area contributed by atoms with E-state index in [0.717, 1.165) is 32.5 Å². The molecular weight excluding hydrogens is 471 g/mol. The van der Waals surface area contributed by atoms with E-state index in [-0.39, 0.29) is 30.3 Å². The number of thiophene rings is 1. The maximum absolute atomic E-state index is 15.7. The highest BCUT2D eigenvalue weighted by molar-refractivity contribution is 7.80. The monoisotopic (exact) mass is 504 g/mol. The number of hydrogen-bond acceptors (Lipinski definition) is 7. The molecule has 8 heteroatoms. The molecule has 34 heavy (non-hydrogen) atoms. The molecule has 3 heterocycles. The Morgan fingerprint density at radius 1 is 1.26 bits per heavy atom. The highest BCUT2D eigenvalue weighted by atomic mass is 32.1. The number of halogens is 1. The number of rotatable bonds is 10. The van der Waals surface area contributed by atoms with Crippen LogP contribution in [0.5, 0.6) is 5.75 Å². The van der Waals surface area contributed by atoms with Gasteiger partial charge in [0, 0.05) is 46.0 Å². The number of aliphatic hydroxyl groups is 2. The maximum atomic E-state index is 15.7. The van der Waals surface area contributed by atoms with Crippen LogP contribution in [0.1, 0.15) is 53.1 Å². The van der Waals surface area contributed by atoms with Crippen LogP contribution in [0.4, 0.5) is 4.39 Å². The second-order valence-electron chi connectivity index (χ2n) is 9.23. The number of ether oxygens (including phenoxy) is 1. The Morgan fingerprint density at radius 3 is 2.71 bits per heavy atom. The molecule has 3 aromatic rings. The third-order valence-corrected chi connectivity index (χ3v) is 8.77. The third-order valence-electron chi connectivity index (χ3n) is 7.17. The summed E-state index contributed by atoms with van der Waals surface area (Å²) in [6.07, 6.45) is 2.83. The smallest absolute Gasteiger partial charge is 0.126 e. The zero-order chi connectivity index (χ0) is 24.1. The van der Waals surface area contributed by atoms with E-state index in [0.29, 0.717) is 34.2 Å². The molecule has 0 amide bonds. The Labute approximate surface area is 210 Å². The highest BCUT2D eigenvalue weighted by Gasteiger charge is 2.35. The summed E-state index contributed by atoms with van der Waals surface area (Å²) in [6.45, 7) is 2.40. The lowest BCUT2D eigenvalue weighted by atomic mass is 9.74. The van der Waals surface area contributed by atoms with Gasteiger partial charge < -0.3 is 19.8 Å². The van der Waals surface area contributed by atoms with Crippen molar-refractivity contribution in [3.8, 4) is 5.75 Å². The van der Waals surface area contributed by atoms with Gasteiger partial charge in [0.15, 0.2) is 0 Å². The number of thiol groups is 1. The van der Waals surface area contributed by atoms with Crippen LogP contribution >= 0.6 is 24.0 Å². The van der Waals surface area contributed by atoms with Crippen molar-refractivity contribution in [2.45, 2.75) is 43.7 Å². The fraction of sp³-hybridized carbons (Fsp3) is 0.500. The van der Waals surface area contributed by atoms with Crippen LogP contribution in [0.3, 0.4) is 0 Å². The number of aromatic nitrogens is 1. The molecule has 2 aromatic heterocycles. The molecule has 1 unspecified atom stereocenters. The van der Waals surface area contributed by atoms with Crippen molar-refractivity contribution in [2.75, 3.05) is 33.4 Å². The van der Waals surface area contributed by atoms with Gasteiger partial charge in [0.1, 0.15) is 11.9 Å². The van der Waals surface area contributed by atoms with Gasteiger partial charge in [-0.1, -0.05) is 6.07 Å². The van der Waals surface area contributed by atoms with Crippen molar-refractivity contribution in [2.24, 2.45) is 5.41 Å². The van der Waals surface area contributed by atoms with Crippen LogP contribution in [0, 0.1) is 5.41 Å². The van der Waals surface area contributed by atoms with Crippen LogP contribution in [0.2, 0.25) is 0 Å². The highest BCUT2D eigenvalue weighted by Crippen LogP contribution is 2.41. The Morgan fingerprint density at radius 2 is 2.06 bits per heavy atom. The van der Waals surface area contributed by atoms with Crippen LogP contribution in [-0.4, -0.2) is 53.4 Å². The van der Waals surface area contributed by atoms with Gasteiger partial charge in [0.2, 0.25) is 0 Å². The second-order valence-corrected chi connectivity index (χ2v) is 10.8. The van der Waals surface area contributed by atoms with E-state index in [4.69, 9.17) is 17.4 Å². The van der Waals surface area contributed by atoms with E-state index in [2.05, 4.69) is 21.3 Å². The average molecular weight is 505 g/mol. The first-order chi connectivity index (χ1) is 16.5. The molecule has 1 fully saturated rings. The number of fused-ring (bicyclic) bond motifs is 1. The standard InChI is InChI=1S/C26H33FN2O3S2/c1-32-19-4-5-22-20(13-19)25(18(16-30)14-28-22)21(27)6-7-26(17-31)8-10-29(11-9-26)15-23(33)24-3-2-12-34-24/h2-5,12-14,21,23,30-31,33H,6-11,15-17H2,1H3/t21-,23?/m0/s1. The summed E-state index contributed by atoms with van der Waals surface area (Å²) in [5, 5.41) is 23.0. The summed E-state index contributed by atoms with van der Waals surface area (Å²) in [4.78, 5) is 8.03.